The molecule has 0 saturated carbocycles. The molecule has 7 heteroatoms. The van der Waals surface area contributed by atoms with E-state index in [0.29, 0.717) is 11.4 Å². The van der Waals surface area contributed by atoms with Crippen LogP contribution in [0.5, 0.6) is 0 Å². The van der Waals surface area contributed by atoms with Gasteiger partial charge in [-0.05, 0) is 47.3 Å². The van der Waals surface area contributed by atoms with Crippen LogP contribution < -0.4 is 16.4 Å². The van der Waals surface area contributed by atoms with Crippen molar-refractivity contribution in [3.8, 4) is 0 Å². The first-order chi connectivity index (χ1) is 15.6. The molecule has 0 spiro atoms. The quantitative estimate of drug-likeness (QED) is 0.330. The predicted octanol–water partition coefficient (Wildman–Crippen LogP) is 4.23. The summed E-state index contributed by atoms with van der Waals surface area (Å²) in [5, 5.41) is 6.55. The van der Waals surface area contributed by atoms with Crippen molar-refractivity contribution in [3.63, 3.8) is 0 Å². The zero-order chi connectivity index (χ0) is 22.3. The number of nitrogens with two attached hydrogens (primary N) is 1. The first-order valence-electron chi connectivity index (χ1n) is 10.3. The summed E-state index contributed by atoms with van der Waals surface area (Å²) in [7, 11) is 0. The summed E-state index contributed by atoms with van der Waals surface area (Å²) in [6.45, 7) is 0.116. The van der Waals surface area contributed by atoms with Crippen LogP contribution in [0.4, 0.5) is 16.2 Å². The maximum atomic E-state index is 13.0. The largest absolute Gasteiger partial charge is 0.445 e. The van der Waals surface area contributed by atoms with E-state index in [9.17, 15) is 9.59 Å². The van der Waals surface area contributed by atoms with Crippen molar-refractivity contribution in [1.29, 1.82) is 0 Å². The van der Waals surface area contributed by atoms with Gasteiger partial charge in [-0.15, -0.1) is 0 Å². The number of alkyl carbamates (subject to hydrolysis) is 1. The lowest BCUT2D eigenvalue weighted by Crippen LogP contribution is -2.45. The highest BCUT2D eigenvalue weighted by Crippen LogP contribution is 2.17. The average Bonchev–Trinajstić information content (AvgIpc) is 3.22. The molecule has 0 radical (unpaired) electrons. The summed E-state index contributed by atoms with van der Waals surface area (Å²) in [6, 6.07) is 25.1. The summed E-state index contributed by atoms with van der Waals surface area (Å²) < 4.78 is 5.31. The number of anilines is 2. The molecule has 0 aliphatic rings. The fourth-order valence-corrected chi connectivity index (χ4v) is 3.38. The van der Waals surface area contributed by atoms with Gasteiger partial charge in [-0.25, -0.2) is 4.79 Å². The van der Waals surface area contributed by atoms with Crippen molar-refractivity contribution in [2.75, 3.05) is 11.1 Å². The Morgan fingerprint density at radius 2 is 1.66 bits per heavy atom. The van der Waals surface area contributed by atoms with Crippen molar-refractivity contribution >= 4 is 34.3 Å². The molecule has 0 saturated heterocycles. The van der Waals surface area contributed by atoms with Gasteiger partial charge >= 0.3 is 6.09 Å². The summed E-state index contributed by atoms with van der Waals surface area (Å²) in [5.74, 6) is -0.356. The van der Waals surface area contributed by atoms with Crippen LogP contribution >= 0.6 is 0 Å². The van der Waals surface area contributed by atoms with E-state index >= 15 is 0 Å². The minimum atomic E-state index is -0.844. The van der Waals surface area contributed by atoms with Crippen LogP contribution in [0.3, 0.4) is 0 Å². The van der Waals surface area contributed by atoms with Gasteiger partial charge in [0.05, 0.1) is 0 Å². The lowest BCUT2D eigenvalue weighted by atomic mass is 10.1. The Labute approximate surface area is 185 Å². The smallest absolute Gasteiger partial charge is 0.408 e. The third-order valence-corrected chi connectivity index (χ3v) is 5.01. The Kier molecular flexibility index (Phi) is 6.36. The molecule has 0 aliphatic heterocycles. The van der Waals surface area contributed by atoms with E-state index in [1.165, 1.54) is 0 Å². The number of aromatic nitrogens is 1. The molecule has 2 amide bonds. The van der Waals surface area contributed by atoms with E-state index in [0.717, 1.165) is 22.2 Å². The highest BCUT2D eigenvalue weighted by molar-refractivity contribution is 5.97. The van der Waals surface area contributed by atoms with E-state index in [-0.39, 0.29) is 18.9 Å². The molecule has 0 aliphatic carbocycles. The second-order valence-electron chi connectivity index (χ2n) is 7.46. The van der Waals surface area contributed by atoms with Gasteiger partial charge in [0.2, 0.25) is 5.91 Å². The van der Waals surface area contributed by atoms with Crippen LogP contribution in [-0.2, 0) is 22.6 Å². The zero-order valence-electron chi connectivity index (χ0n) is 17.4. The molecule has 7 nitrogen and oxygen atoms in total. The molecule has 3 aromatic carbocycles. The number of nitrogens with one attached hydrogen (secondary N) is 3. The number of hydrogen-bond donors (Lipinski definition) is 4. The van der Waals surface area contributed by atoms with Gasteiger partial charge in [0.25, 0.3) is 0 Å². The maximum absolute atomic E-state index is 13.0. The molecule has 1 aromatic heterocycles. The third-order valence-electron chi connectivity index (χ3n) is 5.01. The summed E-state index contributed by atoms with van der Waals surface area (Å²) >= 11 is 0. The Morgan fingerprint density at radius 1 is 0.938 bits per heavy atom. The van der Waals surface area contributed by atoms with E-state index in [4.69, 9.17) is 10.5 Å². The standard InChI is InChI=1S/C25H24N4O3/c26-19-10-12-20(13-11-19)28-24(30)23(15-21-14-18-8-4-5-9-22(18)27-21)29-25(31)32-16-17-6-2-1-3-7-17/h1-14,23,27H,15-16,26H2,(H,28,30)(H,29,31)/t23-/m0/s1. The molecule has 162 valence electrons. The number of carbonyl (C=O) groups excluding carboxylic acids is 2. The molecule has 1 heterocycles. The summed E-state index contributed by atoms with van der Waals surface area (Å²) in [6.07, 6.45) is -0.391. The number of aromatic amines is 1. The number of para-hydroxylation sites is 1. The van der Waals surface area contributed by atoms with Gasteiger partial charge in [0.1, 0.15) is 12.6 Å². The van der Waals surface area contributed by atoms with Crippen LogP contribution in [0.1, 0.15) is 11.3 Å². The van der Waals surface area contributed by atoms with Crippen LogP contribution in [-0.4, -0.2) is 23.0 Å². The van der Waals surface area contributed by atoms with Crippen molar-refractivity contribution in [1.82, 2.24) is 10.3 Å². The minimum absolute atomic E-state index is 0.116. The van der Waals surface area contributed by atoms with Crippen LogP contribution in [0.15, 0.2) is 84.9 Å². The van der Waals surface area contributed by atoms with Crippen molar-refractivity contribution in [2.45, 2.75) is 19.1 Å². The van der Waals surface area contributed by atoms with Gasteiger partial charge in [-0.2, -0.15) is 0 Å². The predicted molar refractivity (Wildman–Crippen MR) is 125 cm³/mol. The van der Waals surface area contributed by atoms with E-state index in [2.05, 4.69) is 15.6 Å². The monoisotopic (exact) mass is 428 g/mol. The van der Waals surface area contributed by atoms with Crippen LogP contribution in [0.2, 0.25) is 0 Å². The van der Waals surface area contributed by atoms with Crippen molar-refractivity contribution in [3.05, 3.63) is 96.2 Å². The van der Waals surface area contributed by atoms with E-state index in [1.54, 1.807) is 24.3 Å². The Morgan fingerprint density at radius 3 is 2.41 bits per heavy atom. The summed E-state index contributed by atoms with van der Waals surface area (Å²) in [4.78, 5) is 28.7. The number of amides is 2. The average molecular weight is 428 g/mol. The number of fused-ring (bicyclic) bond motifs is 1. The number of nitrogen functional groups attached to an aromatic ring is 1. The van der Waals surface area contributed by atoms with E-state index < -0.39 is 12.1 Å². The lowest BCUT2D eigenvalue weighted by Gasteiger charge is -2.18. The Hall–Kier alpha value is -4.26. The maximum Gasteiger partial charge on any atom is 0.408 e. The van der Waals surface area contributed by atoms with Gasteiger partial charge in [0, 0.05) is 29.0 Å². The molecule has 1 atom stereocenters. The molecular formula is C25H24N4O3. The van der Waals surface area contributed by atoms with Crippen LogP contribution in [0, 0.1) is 0 Å². The van der Waals surface area contributed by atoms with Gasteiger partial charge in [-0.3, -0.25) is 4.79 Å². The summed E-state index contributed by atoms with van der Waals surface area (Å²) in [5.41, 5.74) is 9.55. The number of benzene rings is 3. The fraction of sp³-hybridized carbons (Fsp3) is 0.120. The van der Waals surface area contributed by atoms with Crippen molar-refractivity contribution < 1.29 is 14.3 Å². The molecule has 32 heavy (non-hydrogen) atoms. The van der Waals surface area contributed by atoms with Gasteiger partial charge < -0.3 is 26.1 Å². The number of H-pyrrole nitrogens is 1. The third kappa shape index (κ3) is 5.46. The Balaban J connectivity index is 1.47. The second-order valence-corrected chi connectivity index (χ2v) is 7.46. The number of hydrogen-bond acceptors (Lipinski definition) is 4. The molecule has 4 aromatic rings. The lowest BCUT2D eigenvalue weighted by molar-refractivity contribution is -0.118. The van der Waals surface area contributed by atoms with Crippen molar-refractivity contribution in [2.24, 2.45) is 0 Å². The molecular weight excluding hydrogens is 404 g/mol. The highest BCUT2D eigenvalue weighted by Gasteiger charge is 2.23. The topological polar surface area (TPSA) is 109 Å². The highest BCUT2D eigenvalue weighted by atomic mass is 16.5. The molecule has 5 N–H and O–H groups in total. The molecule has 0 unspecified atom stereocenters. The van der Waals surface area contributed by atoms with Crippen LogP contribution in [0.25, 0.3) is 10.9 Å². The van der Waals surface area contributed by atoms with E-state index in [1.807, 2.05) is 60.7 Å². The number of carbonyl (C=O) groups is 2. The molecule has 0 fully saturated rings. The number of rotatable bonds is 7. The zero-order valence-corrected chi connectivity index (χ0v) is 17.4. The molecule has 0 bridgehead atoms. The fourth-order valence-electron chi connectivity index (χ4n) is 3.38. The SMILES string of the molecule is Nc1ccc(NC(=O)[C@H](Cc2cc3ccccc3[nH]2)NC(=O)OCc2ccccc2)cc1. The Bertz CT molecular complexity index is 1170. The first kappa shape index (κ1) is 21.0. The normalized spacial score (nSPS) is 11.6. The van der Waals surface area contributed by atoms with Gasteiger partial charge in [0.15, 0.2) is 0 Å². The van der Waals surface area contributed by atoms with Gasteiger partial charge in [-0.1, -0.05) is 48.5 Å². The minimum Gasteiger partial charge on any atom is -0.445 e. The number of ether oxygens (including phenoxy) is 1. The first-order valence-corrected chi connectivity index (χ1v) is 10.3. The molecule has 4 rings (SSSR count). The second kappa shape index (κ2) is 9.70.